The fraction of sp³-hybridized carbons (Fsp3) is 0.0625. The quantitative estimate of drug-likeness (QED) is 0.798. The fourth-order valence-electron chi connectivity index (χ4n) is 2.04. The molecule has 2 heterocycles. The van der Waals surface area contributed by atoms with Crippen LogP contribution in [0.1, 0.15) is 10.4 Å². The summed E-state index contributed by atoms with van der Waals surface area (Å²) in [4.78, 5) is 20.5. The number of hydrogen-bond donors (Lipinski definition) is 1. The fourth-order valence-corrected chi connectivity index (χ4v) is 2.21. The van der Waals surface area contributed by atoms with E-state index in [9.17, 15) is 4.79 Å². The smallest absolute Gasteiger partial charge is 0.257 e. The molecule has 1 amide bonds. The van der Waals surface area contributed by atoms with E-state index in [4.69, 9.17) is 16.3 Å². The Morgan fingerprint density at radius 2 is 2.17 bits per heavy atom. The maximum absolute atomic E-state index is 12.3. The number of carbonyl (C=O) groups excluding carboxylic acids is 1. The highest BCUT2D eigenvalue weighted by molar-refractivity contribution is 6.31. The number of nitrogens with one attached hydrogen (secondary N) is 1. The number of pyridine rings is 1. The lowest BCUT2D eigenvalue weighted by molar-refractivity contribution is 0.102. The van der Waals surface area contributed by atoms with Crippen LogP contribution in [0, 0.1) is 0 Å². The minimum Gasteiger partial charge on any atom is -0.495 e. The van der Waals surface area contributed by atoms with Gasteiger partial charge in [-0.3, -0.25) is 9.36 Å². The first-order valence-corrected chi connectivity index (χ1v) is 7.14. The van der Waals surface area contributed by atoms with Crippen molar-refractivity contribution in [2.24, 2.45) is 0 Å². The molecule has 1 aromatic carbocycles. The molecule has 7 heteroatoms. The molecule has 6 nitrogen and oxygen atoms in total. The van der Waals surface area contributed by atoms with Crippen molar-refractivity contribution < 1.29 is 9.53 Å². The summed E-state index contributed by atoms with van der Waals surface area (Å²) in [5.74, 6) is 0.917. The number of amides is 1. The molecule has 0 fully saturated rings. The van der Waals surface area contributed by atoms with Gasteiger partial charge < -0.3 is 10.1 Å². The zero-order valence-corrected chi connectivity index (χ0v) is 13.0. The zero-order chi connectivity index (χ0) is 16.2. The van der Waals surface area contributed by atoms with Gasteiger partial charge in [0, 0.05) is 23.6 Å². The molecule has 0 spiro atoms. The summed E-state index contributed by atoms with van der Waals surface area (Å²) in [6, 6.07) is 8.45. The van der Waals surface area contributed by atoms with Gasteiger partial charge in [-0.1, -0.05) is 11.6 Å². The molecule has 0 bridgehead atoms. The Bertz CT molecular complexity index is 817. The Morgan fingerprint density at radius 1 is 1.30 bits per heavy atom. The van der Waals surface area contributed by atoms with Crippen LogP contribution in [-0.2, 0) is 0 Å². The van der Waals surface area contributed by atoms with Gasteiger partial charge in [-0.15, -0.1) is 0 Å². The molecule has 0 unspecified atom stereocenters. The van der Waals surface area contributed by atoms with Crippen molar-refractivity contribution in [3.05, 3.63) is 65.8 Å². The average Bonchev–Trinajstić information content (AvgIpc) is 3.10. The van der Waals surface area contributed by atoms with Gasteiger partial charge >= 0.3 is 0 Å². The highest BCUT2D eigenvalue weighted by Crippen LogP contribution is 2.28. The first kappa shape index (κ1) is 15.1. The highest BCUT2D eigenvalue weighted by atomic mass is 35.5. The van der Waals surface area contributed by atoms with Crippen LogP contribution in [0.5, 0.6) is 5.75 Å². The predicted molar refractivity (Wildman–Crippen MR) is 87.3 cm³/mol. The number of carbonyl (C=O) groups is 1. The van der Waals surface area contributed by atoms with E-state index in [2.05, 4.69) is 15.3 Å². The minimum atomic E-state index is -0.296. The van der Waals surface area contributed by atoms with Crippen molar-refractivity contribution in [1.29, 1.82) is 0 Å². The number of anilines is 1. The lowest BCUT2D eigenvalue weighted by atomic mass is 10.2. The number of imidazole rings is 1. The Hall–Kier alpha value is -2.86. The summed E-state index contributed by atoms with van der Waals surface area (Å²) in [6.45, 7) is 0. The Balaban J connectivity index is 1.80. The molecule has 0 atom stereocenters. The SMILES string of the molecule is COc1ccc(Cl)cc1NC(=O)c1ccc(-n2ccnc2)nc1. The first-order valence-electron chi connectivity index (χ1n) is 6.76. The molecule has 0 aliphatic rings. The third-order valence-electron chi connectivity index (χ3n) is 3.19. The molecule has 1 N–H and O–H groups in total. The number of nitrogens with zero attached hydrogens (tertiary/aromatic N) is 3. The van der Waals surface area contributed by atoms with Gasteiger partial charge in [0.2, 0.25) is 0 Å². The van der Waals surface area contributed by atoms with Crippen molar-refractivity contribution in [3.8, 4) is 11.6 Å². The third kappa shape index (κ3) is 3.32. The first-order chi connectivity index (χ1) is 11.2. The molecule has 0 aliphatic heterocycles. The standard InChI is InChI=1S/C16H13ClN4O2/c1-23-14-4-3-12(17)8-13(14)20-16(22)11-2-5-15(19-9-11)21-7-6-18-10-21/h2-10H,1H3,(H,20,22). The molecule has 0 aliphatic carbocycles. The van der Waals surface area contributed by atoms with Crippen LogP contribution < -0.4 is 10.1 Å². The van der Waals surface area contributed by atoms with E-state index in [1.54, 1.807) is 53.6 Å². The van der Waals surface area contributed by atoms with Gasteiger partial charge in [0.25, 0.3) is 5.91 Å². The lowest BCUT2D eigenvalue weighted by Crippen LogP contribution is -2.13. The number of halogens is 1. The van der Waals surface area contributed by atoms with Crippen LogP contribution in [0.15, 0.2) is 55.2 Å². The third-order valence-corrected chi connectivity index (χ3v) is 3.42. The van der Waals surface area contributed by atoms with Crippen molar-refractivity contribution in [2.45, 2.75) is 0 Å². The maximum Gasteiger partial charge on any atom is 0.257 e. The second-order valence-electron chi connectivity index (χ2n) is 4.67. The Labute approximate surface area is 137 Å². The van der Waals surface area contributed by atoms with Gasteiger partial charge in [-0.2, -0.15) is 0 Å². The molecule has 116 valence electrons. The number of rotatable bonds is 4. The number of hydrogen-bond acceptors (Lipinski definition) is 4. The van der Waals surface area contributed by atoms with Crippen molar-refractivity contribution in [1.82, 2.24) is 14.5 Å². The number of aromatic nitrogens is 3. The summed E-state index contributed by atoms with van der Waals surface area (Å²) in [6.07, 6.45) is 6.58. The maximum atomic E-state index is 12.3. The average molecular weight is 329 g/mol. The van der Waals surface area contributed by atoms with Gasteiger partial charge in [-0.05, 0) is 30.3 Å². The van der Waals surface area contributed by atoms with E-state index in [0.717, 1.165) is 0 Å². The number of benzene rings is 1. The van der Waals surface area contributed by atoms with Crippen LogP contribution in [0.4, 0.5) is 5.69 Å². The van der Waals surface area contributed by atoms with Crippen LogP contribution >= 0.6 is 11.6 Å². The van der Waals surface area contributed by atoms with E-state index in [1.165, 1.54) is 13.3 Å². The molecular weight excluding hydrogens is 316 g/mol. The van der Waals surface area contributed by atoms with Gasteiger partial charge in [0.1, 0.15) is 17.9 Å². The van der Waals surface area contributed by atoms with Crippen LogP contribution in [-0.4, -0.2) is 27.6 Å². The van der Waals surface area contributed by atoms with E-state index < -0.39 is 0 Å². The molecule has 23 heavy (non-hydrogen) atoms. The van der Waals surface area contributed by atoms with E-state index in [0.29, 0.717) is 27.8 Å². The summed E-state index contributed by atoms with van der Waals surface area (Å²) >= 11 is 5.95. The second-order valence-corrected chi connectivity index (χ2v) is 5.11. The molecular formula is C16H13ClN4O2. The Morgan fingerprint density at radius 3 is 2.83 bits per heavy atom. The van der Waals surface area contributed by atoms with E-state index in [1.807, 2.05) is 0 Å². The van der Waals surface area contributed by atoms with Crippen LogP contribution in [0.2, 0.25) is 5.02 Å². The molecule has 3 rings (SSSR count). The topological polar surface area (TPSA) is 69.0 Å². The summed E-state index contributed by atoms with van der Waals surface area (Å²) in [5, 5.41) is 3.27. The van der Waals surface area contributed by atoms with Crippen molar-refractivity contribution in [2.75, 3.05) is 12.4 Å². The molecule has 3 aromatic rings. The van der Waals surface area contributed by atoms with Gasteiger partial charge in [-0.25, -0.2) is 9.97 Å². The summed E-state index contributed by atoms with van der Waals surface area (Å²) < 4.78 is 6.96. The van der Waals surface area contributed by atoms with Crippen molar-refractivity contribution in [3.63, 3.8) is 0 Å². The van der Waals surface area contributed by atoms with Gasteiger partial charge in [0.05, 0.1) is 18.4 Å². The Kier molecular flexibility index (Phi) is 4.25. The number of methoxy groups -OCH3 is 1. The molecule has 0 saturated heterocycles. The normalized spacial score (nSPS) is 10.3. The highest BCUT2D eigenvalue weighted by Gasteiger charge is 2.11. The lowest BCUT2D eigenvalue weighted by Gasteiger charge is -2.10. The zero-order valence-electron chi connectivity index (χ0n) is 12.2. The van der Waals surface area contributed by atoms with Crippen molar-refractivity contribution >= 4 is 23.2 Å². The minimum absolute atomic E-state index is 0.296. The van der Waals surface area contributed by atoms with Crippen LogP contribution in [0.25, 0.3) is 5.82 Å². The molecule has 2 aromatic heterocycles. The molecule has 0 saturated carbocycles. The monoisotopic (exact) mass is 328 g/mol. The predicted octanol–water partition coefficient (Wildman–Crippen LogP) is 3.18. The summed E-state index contributed by atoms with van der Waals surface area (Å²) in [5.41, 5.74) is 0.930. The largest absolute Gasteiger partial charge is 0.495 e. The van der Waals surface area contributed by atoms with Crippen LogP contribution in [0.3, 0.4) is 0 Å². The van der Waals surface area contributed by atoms with Gasteiger partial charge in [0.15, 0.2) is 0 Å². The number of ether oxygens (including phenoxy) is 1. The summed E-state index contributed by atoms with van der Waals surface area (Å²) in [7, 11) is 1.53. The van der Waals surface area contributed by atoms with E-state index >= 15 is 0 Å². The molecule has 0 radical (unpaired) electrons. The van der Waals surface area contributed by atoms with E-state index in [-0.39, 0.29) is 5.91 Å². The second kappa shape index (κ2) is 6.50.